The summed E-state index contributed by atoms with van der Waals surface area (Å²) in [6.07, 6.45) is -0.676. The summed E-state index contributed by atoms with van der Waals surface area (Å²) in [6.45, 7) is 13.0. The topological polar surface area (TPSA) is 59.7 Å². The number of likely N-dealkylation sites (tertiary alicyclic amines) is 1. The third-order valence-electron chi connectivity index (χ3n) is 7.81. The van der Waals surface area contributed by atoms with Gasteiger partial charge in [-0.25, -0.2) is 14.3 Å². The van der Waals surface area contributed by atoms with E-state index in [1.165, 1.54) is 0 Å². The molecule has 2 aliphatic rings. The number of fused-ring (bicyclic) bond motifs is 1. The molecule has 0 N–H and O–H groups in total. The number of halogens is 3. The number of hydrogen-bond donors (Lipinski definition) is 0. The Morgan fingerprint density at radius 3 is 2.44 bits per heavy atom. The SMILES string of the molecule is CCc1c(C)nc2cc([C@H]3CC[C@H](C(F)(F)F)CC3)nn2c1[C@@]1(C)CCCN(C(=O)OC(C)(C)C)C1. The van der Waals surface area contributed by atoms with Crippen molar-refractivity contribution in [3.63, 3.8) is 0 Å². The third kappa shape index (κ3) is 5.35. The molecule has 2 fully saturated rings. The minimum Gasteiger partial charge on any atom is -0.444 e. The van der Waals surface area contributed by atoms with E-state index in [4.69, 9.17) is 14.8 Å². The lowest BCUT2D eigenvalue weighted by atomic mass is 9.76. The lowest BCUT2D eigenvalue weighted by Gasteiger charge is -2.42. The molecule has 36 heavy (non-hydrogen) atoms. The summed E-state index contributed by atoms with van der Waals surface area (Å²) in [5.41, 5.74) is 3.72. The Bertz CT molecular complexity index is 1110. The molecule has 1 saturated heterocycles. The molecule has 1 aliphatic carbocycles. The van der Waals surface area contributed by atoms with Crippen LogP contribution in [-0.4, -0.2) is 50.5 Å². The smallest absolute Gasteiger partial charge is 0.410 e. The number of carbonyl (C=O) groups is 1. The second kappa shape index (κ2) is 9.53. The zero-order valence-corrected chi connectivity index (χ0v) is 22.3. The first-order valence-electron chi connectivity index (χ1n) is 13.2. The Morgan fingerprint density at radius 1 is 1.19 bits per heavy atom. The van der Waals surface area contributed by atoms with E-state index in [9.17, 15) is 18.0 Å². The molecule has 1 aliphatic heterocycles. The molecule has 2 aromatic rings. The van der Waals surface area contributed by atoms with Crippen LogP contribution in [0.2, 0.25) is 0 Å². The lowest BCUT2D eigenvalue weighted by molar-refractivity contribution is -0.182. The average Bonchev–Trinajstić information content (AvgIpc) is 3.19. The molecular formula is C27H39F3N4O2. The van der Waals surface area contributed by atoms with E-state index in [1.54, 1.807) is 4.90 Å². The van der Waals surface area contributed by atoms with Crippen molar-refractivity contribution in [1.29, 1.82) is 0 Å². The van der Waals surface area contributed by atoms with Gasteiger partial charge in [-0.15, -0.1) is 0 Å². The fraction of sp³-hybridized carbons (Fsp3) is 0.741. The van der Waals surface area contributed by atoms with Crippen molar-refractivity contribution in [2.24, 2.45) is 5.92 Å². The molecule has 1 saturated carbocycles. The largest absolute Gasteiger partial charge is 0.444 e. The van der Waals surface area contributed by atoms with Gasteiger partial charge in [-0.1, -0.05) is 13.8 Å². The number of piperidine rings is 1. The van der Waals surface area contributed by atoms with E-state index in [1.807, 2.05) is 38.3 Å². The fourth-order valence-corrected chi connectivity index (χ4v) is 6.05. The quantitative estimate of drug-likeness (QED) is 0.462. The van der Waals surface area contributed by atoms with E-state index in [0.29, 0.717) is 25.9 Å². The number of carbonyl (C=O) groups excluding carboxylic acids is 1. The van der Waals surface area contributed by atoms with E-state index < -0.39 is 17.7 Å². The first-order valence-corrected chi connectivity index (χ1v) is 13.2. The molecule has 2 aromatic heterocycles. The van der Waals surface area contributed by atoms with E-state index in [0.717, 1.165) is 47.6 Å². The highest BCUT2D eigenvalue weighted by molar-refractivity contribution is 5.68. The summed E-state index contributed by atoms with van der Waals surface area (Å²) in [5.74, 6) is -1.21. The number of rotatable bonds is 3. The molecule has 0 radical (unpaired) electrons. The van der Waals surface area contributed by atoms with Crippen LogP contribution in [-0.2, 0) is 16.6 Å². The highest BCUT2D eigenvalue weighted by Crippen LogP contribution is 2.43. The van der Waals surface area contributed by atoms with Gasteiger partial charge in [0, 0.05) is 36.2 Å². The lowest BCUT2D eigenvalue weighted by Crippen LogP contribution is -2.49. The molecule has 0 bridgehead atoms. The van der Waals surface area contributed by atoms with Crippen LogP contribution >= 0.6 is 0 Å². The second-order valence-corrected chi connectivity index (χ2v) is 11.9. The maximum atomic E-state index is 13.2. The zero-order chi connectivity index (χ0) is 26.5. The standard InChI is InChI=1S/C27H39F3N4O2/c1-7-20-17(2)31-22-15-21(18-9-11-19(12-10-18)27(28,29)30)32-34(22)23(20)26(6)13-8-14-33(16-26)24(35)36-25(3,4)5/h15,18-19H,7-14,16H2,1-6H3/t18-,19-,26-/m0/s1. The number of aromatic nitrogens is 3. The molecule has 4 rings (SSSR count). The summed E-state index contributed by atoms with van der Waals surface area (Å²) >= 11 is 0. The number of amides is 1. The predicted molar refractivity (Wildman–Crippen MR) is 132 cm³/mol. The zero-order valence-electron chi connectivity index (χ0n) is 22.3. The first-order chi connectivity index (χ1) is 16.7. The van der Waals surface area contributed by atoms with Crippen molar-refractivity contribution in [1.82, 2.24) is 19.5 Å². The molecule has 0 unspecified atom stereocenters. The van der Waals surface area contributed by atoms with Crippen LogP contribution < -0.4 is 0 Å². The van der Waals surface area contributed by atoms with Crippen molar-refractivity contribution < 1.29 is 22.7 Å². The Labute approximate surface area is 211 Å². The molecule has 3 heterocycles. The maximum Gasteiger partial charge on any atom is 0.410 e. The summed E-state index contributed by atoms with van der Waals surface area (Å²) in [6, 6.07) is 1.95. The molecule has 200 valence electrons. The van der Waals surface area contributed by atoms with Crippen molar-refractivity contribution in [2.75, 3.05) is 13.1 Å². The number of ether oxygens (including phenoxy) is 1. The van der Waals surface area contributed by atoms with Gasteiger partial charge < -0.3 is 9.64 Å². The summed E-state index contributed by atoms with van der Waals surface area (Å²) in [7, 11) is 0. The molecule has 6 nitrogen and oxygen atoms in total. The van der Waals surface area contributed by atoms with Crippen LogP contribution in [0.5, 0.6) is 0 Å². The maximum absolute atomic E-state index is 13.2. The van der Waals surface area contributed by atoms with Gasteiger partial charge in [0.2, 0.25) is 0 Å². The van der Waals surface area contributed by atoms with Gasteiger partial charge in [-0.05, 0) is 78.2 Å². The summed E-state index contributed by atoms with van der Waals surface area (Å²) in [4.78, 5) is 19.5. The summed E-state index contributed by atoms with van der Waals surface area (Å²) in [5, 5.41) is 4.96. The van der Waals surface area contributed by atoms with Gasteiger partial charge in [-0.3, -0.25) is 0 Å². The Morgan fingerprint density at radius 2 is 1.86 bits per heavy atom. The first kappa shape index (κ1) is 26.7. The van der Waals surface area contributed by atoms with Gasteiger partial charge in [0.15, 0.2) is 5.65 Å². The Kier molecular flexibility index (Phi) is 7.07. The molecule has 1 amide bonds. The number of alkyl halides is 3. The molecule has 0 aromatic carbocycles. The van der Waals surface area contributed by atoms with Crippen molar-refractivity contribution in [3.8, 4) is 0 Å². The van der Waals surface area contributed by atoms with E-state index in [2.05, 4.69) is 13.8 Å². The van der Waals surface area contributed by atoms with Gasteiger partial charge in [0.1, 0.15) is 5.60 Å². The van der Waals surface area contributed by atoms with Gasteiger partial charge in [0.25, 0.3) is 0 Å². The van der Waals surface area contributed by atoms with E-state index >= 15 is 0 Å². The highest BCUT2D eigenvalue weighted by Gasteiger charge is 2.43. The minimum absolute atomic E-state index is 0.000886. The molecule has 9 heteroatoms. The van der Waals surface area contributed by atoms with Crippen LogP contribution in [0.25, 0.3) is 5.65 Å². The van der Waals surface area contributed by atoms with Gasteiger partial charge in [0.05, 0.1) is 17.3 Å². The third-order valence-corrected chi connectivity index (χ3v) is 7.81. The molecule has 0 spiro atoms. The Balaban J connectivity index is 1.69. The van der Waals surface area contributed by atoms with Crippen LogP contribution in [0.15, 0.2) is 6.07 Å². The molecular weight excluding hydrogens is 469 g/mol. The minimum atomic E-state index is -4.12. The summed E-state index contributed by atoms with van der Waals surface area (Å²) < 4.78 is 47.1. The average molecular weight is 509 g/mol. The van der Waals surface area contributed by atoms with Gasteiger partial charge in [-0.2, -0.15) is 18.3 Å². The van der Waals surface area contributed by atoms with Crippen molar-refractivity contribution >= 4 is 11.7 Å². The van der Waals surface area contributed by atoms with Crippen LogP contribution in [0, 0.1) is 12.8 Å². The number of nitrogens with zero attached hydrogens (tertiary/aromatic N) is 4. The molecule has 1 atom stereocenters. The van der Waals surface area contributed by atoms with Crippen molar-refractivity contribution in [3.05, 3.63) is 28.7 Å². The van der Waals surface area contributed by atoms with Crippen LogP contribution in [0.3, 0.4) is 0 Å². The number of aryl methyl sites for hydroxylation is 1. The van der Waals surface area contributed by atoms with Crippen molar-refractivity contribution in [2.45, 2.75) is 110 Å². The van der Waals surface area contributed by atoms with Crippen LogP contribution in [0.1, 0.15) is 102 Å². The normalized spacial score (nSPS) is 25.9. The number of hydrogen-bond acceptors (Lipinski definition) is 4. The van der Waals surface area contributed by atoms with E-state index in [-0.39, 0.29) is 30.3 Å². The van der Waals surface area contributed by atoms with Gasteiger partial charge >= 0.3 is 12.3 Å². The van der Waals surface area contributed by atoms with Crippen LogP contribution in [0.4, 0.5) is 18.0 Å². The fourth-order valence-electron chi connectivity index (χ4n) is 6.05. The predicted octanol–water partition coefficient (Wildman–Crippen LogP) is 6.72. The second-order valence-electron chi connectivity index (χ2n) is 11.9. The Hall–Kier alpha value is -2.32. The monoisotopic (exact) mass is 508 g/mol. The highest BCUT2D eigenvalue weighted by atomic mass is 19.4.